The van der Waals surface area contributed by atoms with Gasteiger partial charge >= 0.3 is 6.09 Å². The number of allylic oxidation sites excluding steroid dienone is 4. The number of benzene rings is 1. The van der Waals surface area contributed by atoms with E-state index in [4.69, 9.17) is 25.9 Å². The fourth-order valence-electron chi connectivity index (χ4n) is 5.39. The van der Waals surface area contributed by atoms with Gasteiger partial charge in [-0.15, -0.1) is 5.48 Å². The second-order valence-electron chi connectivity index (χ2n) is 10.3. The number of piperidine rings is 1. The molecule has 208 valence electrons. The van der Waals surface area contributed by atoms with Crippen LogP contribution in [0.3, 0.4) is 0 Å². The van der Waals surface area contributed by atoms with E-state index in [0.717, 1.165) is 48.3 Å². The topological polar surface area (TPSA) is 105 Å². The van der Waals surface area contributed by atoms with Crippen molar-refractivity contribution in [3.05, 3.63) is 100 Å². The molecule has 0 spiro atoms. The number of hydroxylamine groups is 1. The van der Waals surface area contributed by atoms with Crippen LogP contribution in [0, 0.1) is 0 Å². The van der Waals surface area contributed by atoms with Crippen molar-refractivity contribution in [3.63, 3.8) is 0 Å². The molecule has 1 aliphatic carbocycles. The number of nitrogens with one attached hydrogen (secondary N) is 2. The Hall–Kier alpha value is -3.47. The van der Waals surface area contributed by atoms with Crippen molar-refractivity contribution in [2.45, 2.75) is 37.1 Å². The lowest BCUT2D eigenvalue weighted by atomic mass is 9.84. The number of pyridine rings is 1. The van der Waals surface area contributed by atoms with Gasteiger partial charge in [-0.05, 0) is 66.8 Å². The molecular formula is C30H31ClN4O5. The summed E-state index contributed by atoms with van der Waals surface area (Å²) in [7, 11) is 0. The maximum Gasteiger partial charge on any atom is 0.427 e. The molecule has 2 atom stereocenters. The molecule has 2 aromatic rings. The maximum atomic E-state index is 11.3. The Balaban J connectivity index is 1.14. The smallest absolute Gasteiger partial charge is 0.427 e. The number of rotatable bonds is 7. The molecule has 6 rings (SSSR count). The van der Waals surface area contributed by atoms with E-state index in [2.05, 4.69) is 32.8 Å². The van der Waals surface area contributed by atoms with Gasteiger partial charge in [-0.25, -0.2) is 9.78 Å². The number of aromatic nitrogens is 1. The summed E-state index contributed by atoms with van der Waals surface area (Å²) >= 11 is 6.03. The third-order valence-corrected chi connectivity index (χ3v) is 7.88. The highest BCUT2D eigenvalue weighted by Crippen LogP contribution is 2.37. The van der Waals surface area contributed by atoms with E-state index in [1.807, 2.05) is 54.6 Å². The minimum Gasteiger partial charge on any atom is -0.438 e. The lowest BCUT2D eigenvalue weighted by Crippen LogP contribution is -2.42. The molecule has 0 bridgehead atoms. The Labute approximate surface area is 237 Å². The first-order valence-corrected chi connectivity index (χ1v) is 13.8. The second kappa shape index (κ2) is 11.6. The lowest BCUT2D eigenvalue weighted by molar-refractivity contribution is -0.0254. The van der Waals surface area contributed by atoms with E-state index >= 15 is 0 Å². The monoisotopic (exact) mass is 562 g/mol. The summed E-state index contributed by atoms with van der Waals surface area (Å²) in [5.41, 5.74) is 5.52. The zero-order valence-electron chi connectivity index (χ0n) is 21.9. The van der Waals surface area contributed by atoms with Crippen molar-refractivity contribution < 1.29 is 24.2 Å². The first-order valence-electron chi connectivity index (χ1n) is 13.5. The summed E-state index contributed by atoms with van der Waals surface area (Å²) in [5.74, 6) is 1.22. The van der Waals surface area contributed by atoms with E-state index in [0.29, 0.717) is 29.5 Å². The number of hydrogen-bond acceptors (Lipinski definition) is 8. The van der Waals surface area contributed by atoms with Crippen LogP contribution >= 0.6 is 11.6 Å². The number of aliphatic hydroxyl groups is 1. The number of carbonyl (C=O) groups is 1. The van der Waals surface area contributed by atoms with Gasteiger partial charge in [-0.2, -0.15) is 0 Å². The summed E-state index contributed by atoms with van der Waals surface area (Å²) in [6.07, 6.45) is 12.6. The van der Waals surface area contributed by atoms with Crippen LogP contribution < -0.4 is 15.5 Å². The number of likely N-dealkylation sites (tertiary alicyclic amines) is 1. The van der Waals surface area contributed by atoms with Gasteiger partial charge in [0.05, 0.1) is 12.2 Å². The SMILES string of the molecule is O=C1NC(COC2C=CC=C3Oc4ncccc4C(=CCCN4CCC(O)(c5ccc(Cl)cc5)CC4)C=C32)NO1. The largest absolute Gasteiger partial charge is 0.438 e. The lowest BCUT2D eigenvalue weighted by Gasteiger charge is -2.38. The molecule has 2 fully saturated rings. The molecule has 0 saturated carbocycles. The summed E-state index contributed by atoms with van der Waals surface area (Å²) in [6.45, 7) is 2.71. The Morgan fingerprint density at radius 1 is 1.23 bits per heavy atom. The fourth-order valence-corrected chi connectivity index (χ4v) is 5.51. The molecule has 40 heavy (non-hydrogen) atoms. The third kappa shape index (κ3) is 5.84. The third-order valence-electron chi connectivity index (χ3n) is 7.63. The van der Waals surface area contributed by atoms with E-state index in [1.54, 1.807) is 6.20 Å². The number of nitrogens with zero attached hydrogens (tertiary/aromatic N) is 2. The second-order valence-corrected chi connectivity index (χ2v) is 10.7. The molecule has 3 aliphatic heterocycles. The van der Waals surface area contributed by atoms with Crippen molar-refractivity contribution in [2.24, 2.45) is 0 Å². The minimum atomic E-state index is -0.817. The summed E-state index contributed by atoms with van der Waals surface area (Å²) < 4.78 is 12.4. The molecule has 10 heteroatoms. The van der Waals surface area contributed by atoms with Crippen LogP contribution in [0.5, 0.6) is 5.88 Å². The van der Waals surface area contributed by atoms with Crippen LogP contribution in [0.25, 0.3) is 5.57 Å². The van der Waals surface area contributed by atoms with Crippen molar-refractivity contribution in [3.8, 4) is 5.88 Å². The average molecular weight is 563 g/mol. The van der Waals surface area contributed by atoms with Crippen LogP contribution in [0.15, 0.2) is 84.3 Å². The van der Waals surface area contributed by atoms with Crippen molar-refractivity contribution in [1.29, 1.82) is 0 Å². The zero-order chi connectivity index (χ0) is 27.5. The number of halogens is 1. The quantitative estimate of drug-likeness (QED) is 0.461. The van der Waals surface area contributed by atoms with Gasteiger partial charge in [0.1, 0.15) is 18.0 Å². The normalized spacial score (nSPS) is 24.6. The predicted octanol–water partition coefficient (Wildman–Crippen LogP) is 4.22. The van der Waals surface area contributed by atoms with Crippen LogP contribution in [0.1, 0.15) is 30.4 Å². The Morgan fingerprint density at radius 2 is 2.05 bits per heavy atom. The number of hydrogen-bond donors (Lipinski definition) is 3. The van der Waals surface area contributed by atoms with Crippen molar-refractivity contribution in [1.82, 2.24) is 20.7 Å². The first kappa shape index (κ1) is 26.7. The maximum absolute atomic E-state index is 11.3. The van der Waals surface area contributed by atoms with Gasteiger partial charge in [-0.1, -0.05) is 42.0 Å². The highest BCUT2D eigenvalue weighted by Gasteiger charge is 2.34. The van der Waals surface area contributed by atoms with Gasteiger partial charge in [0, 0.05) is 42.0 Å². The minimum absolute atomic E-state index is 0.215. The van der Waals surface area contributed by atoms with Crippen LogP contribution in [0.2, 0.25) is 5.02 Å². The first-order chi connectivity index (χ1) is 19.5. The van der Waals surface area contributed by atoms with Gasteiger partial charge in [0.25, 0.3) is 0 Å². The number of carbonyl (C=O) groups excluding carboxylic acids is 1. The average Bonchev–Trinajstić information content (AvgIpc) is 3.31. The molecule has 1 aromatic carbocycles. The number of ether oxygens (including phenoxy) is 2. The molecule has 4 aliphatic rings. The van der Waals surface area contributed by atoms with Gasteiger partial charge < -0.3 is 24.3 Å². The van der Waals surface area contributed by atoms with E-state index in [9.17, 15) is 9.90 Å². The van der Waals surface area contributed by atoms with E-state index < -0.39 is 17.9 Å². The molecule has 2 unspecified atom stereocenters. The molecule has 4 heterocycles. The zero-order valence-corrected chi connectivity index (χ0v) is 22.6. The summed E-state index contributed by atoms with van der Waals surface area (Å²) in [5, 5.41) is 14.5. The Kier molecular flexibility index (Phi) is 7.73. The summed E-state index contributed by atoms with van der Waals surface area (Å²) in [4.78, 5) is 22.9. The van der Waals surface area contributed by atoms with Crippen molar-refractivity contribution in [2.75, 3.05) is 26.2 Å². The fraction of sp³-hybridized carbons (Fsp3) is 0.333. The standard InChI is InChI=1S/C30H31ClN4O5/c31-22-10-8-21(9-11-22)30(37)12-16-35(17-13-30)15-3-4-20-18-24-25(38-19-27-33-29(36)40-34-27)6-1-7-26(24)39-28-23(20)5-2-14-32-28/h1-2,4-11,14,18,25,27,34,37H,3,12-13,15-17,19H2,(H,33,36). The van der Waals surface area contributed by atoms with Crippen LogP contribution in [0.4, 0.5) is 4.79 Å². The highest BCUT2D eigenvalue weighted by molar-refractivity contribution is 6.30. The number of amides is 1. The Morgan fingerprint density at radius 3 is 2.83 bits per heavy atom. The van der Waals surface area contributed by atoms with E-state index in [-0.39, 0.29) is 12.7 Å². The van der Waals surface area contributed by atoms with Crippen molar-refractivity contribution >= 4 is 23.3 Å². The van der Waals surface area contributed by atoms with E-state index in [1.165, 1.54) is 0 Å². The number of fused-ring (bicyclic) bond motifs is 2. The summed E-state index contributed by atoms with van der Waals surface area (Å²) in [6, 6.07) is 11.4. The highest BCUT2D eigenvalue weighted by atomic mass is 35.5. The van der Waals surface area contributed by atoms with Crippen LogP contribution in [-0.4, -0.2) is 59.6 Å². The van der Waals surface area contributed by atoms with Gasteiger partial charge in [-0.3, -0.25) is 5.32 Å². The molecule has 2 saturated heterocycles. The molecule has 1 aromatic heterocycles. The molecule has 9 nitrogen and oxygen atoms in total. The molecule has 0 radical (unpaired) electrons. The molecule has 3 N–H and O–H groups in total. The van der Waals surface area contributed by atoms with Gasteiger partial charge in [0.15, 0.2) is 0 Å². The van der Waals surface area contributed by atoms with Gasteiger partial charge in [0.2, 0.25) is 5.88 Å². The molecular weight excluding hydrogens is 532 g/mol. The predicted molar refractivity (Wildman–Crippen MR) is 150 cm³/mol. The Bertz CT molecular complexity index is 1380. The van der Waals surface area contributed by atoms with Crippen LogP contribution in [-0.2, 0) is 15.2 Å². The molecule has 1 amide bonds.